The lowest BCUT2D eigenvalue weighted by Crippen LogP contribution is -2.15. The fraction of sp³-hybridized carbons (Fsp3) is 0.314. The minimum atomic E-state index is -0.831. The van der Waals surface area contributed by atoms with Crippen molar-refractivity contribution in [1.29, 1.82) is 0 Å². The summed E-state index contributed by atoms with van der Waals surface area (Å²) in [5.41, 5.74) is 2.66. The number of methoxy groups -OCH3 is 2. The molecule has 2 heterocycles. The maximum atomic E-state index is 11.5. The second-order valence-electron chi connectivity index (χ2n) is 10.2. The Morgan fingerprint density at radius 1 is 0.617 bits per heavy atom. The van der Waals surface area contributed by atoms with Crippen LogP contribution in [0.25, 0.3) is 0 Å². The minimum Gasteiger partial charge on any atom is -0.469 e. The van der Waals surface area contributed by atoms with Crippen LogP contribution in [0.5, 0.6) is 0 Å². The maximum absolute atomic E-state index is 11.5. The molecular formula is C35H38Cl4N2O6. The number of ether oxygens (including phenoxy) is 2. The van der Waals surface area contributed by atoms with Crippen molar-refractivity contribution in [2.75, 3.05) is 14.2 Å². The van der Waals surface area contributed by atoms with E-state index in [2.05, 4.69) is 19.4 Å². The second-order valence-corrected chi connectivity index (χ2v) is 12.0. The highest BCUT2D eigenvalue weighted by Gasteiger charge is 2.26. The number of pyridine rings is 2. The van der Waals surface area contributed by atoms with E-state index in [4.69, 9.17) is 46.4 Å². The monoisotopic (exact) mass is 722 g/mol. The molecule has 0 saturated carbocycles. The standard InChI is InChI=1S/2C17H17Cl2NO3.CH4/c2*1-23-16(21)7-6-14(15-10-13(19)8-9-20-15)17(22)11-2-4-12(18)5-3-11;/h2*2-5,8-10,14,17,22H,6-7H2,1H3;1H4/t2*14-,17+;/m10./s1. The van der Waals surface area contributed by atoms with Gasteiger partial charge in [0, 0.05) is 68.5 Å². The largest absolute Gasteiger partial charge is 0.469 e. The number of halogens is 4. The molecule has 4 aromatic rings. The quantitative estimate of drug-likeness (QED) is 0.139. The summed E-state index contributed by atoms with van der Waals surface area (Å²) in [6.07, 6.45) is 2.65. The van der Waals surface area contributed by atoms with Crippen LogP contribution >= 0.6 is 46.4 Å². The summed E-state index contributed by atoms with van der Waals surface area (Å²) in [5.74, 6) is -1.43. The van der Waals surface area contributed by atoms with Crippen LogP contribution in [0.15, 0.2) is 85.2 Å². The fourth-order valence-electron chi connectivity index (χ4n) is 4.72. The van der Waals surface area contributed by atoms with Crippen molar-refractivity contribution < 1.29 is 29.3 Å². The zero-order chi connectivity index (χ0) is 33.6. The van der Waals surface area contributed by atoms with Crippen molar-refractivity contribution in [3.8, 4) is 0 Å². The molecule has 0 unspecified atom stereocenters. The molecule has 0 amide bonds. The summed E-state index contributed by atoms with van der Waals surface area (Å²) >= 11 is 23.8. The van der Waals surface area contributed by atoms with Crippen LogP contribution in [0.3, 0.4) is 0 Å². The van der Waals surface area contributed by atoms with Gasteiger partial charge in [-0.3, -0.25) is 19.6 Å². The lowest BCUT2D eigenvalue weighted by atomic mass is 9.88. The smallest absolute Gasteiger partial charge is 0.305 e. The van der Waals surface area contributed by atoms with Gasteiger partial charge in [-0.25, -0.2) is 0 Å². The first kappa shape index (κ1) is 39.9. The molecule has 0 spiro atoms. The normalized spacial score (nSPS) is 13.1. The molecule has 2 N–H and O–H groups in total. The number of nitrogens with zero attached hydrogens (tertiary/aromatic N) is 2. The molecule has 0 bridgehead atoms. The zero-order valence-electron chi connectivity index (χ0n) is 25.2. The topological polar surface area (TPSA) is 119 Å². The van der Waals surface area contributed by atoms with Crippen LogP contribution in [-0.2, 0) is 19.1 Å². The average Bonchev–Trinajstić information content (AvgIpc) is 3.05. The van der Waals surface area contributed by atoms with Crippen LogP contribution in [0.4, 0.5) is 0 Å². The number of carbonyl (C=O) groups excluding carboxylic acids is 2. The van der Waals surface area contributed by atoms with Crippen LogP contribution in [-0.4, -0.2) is 46.3 Å². The Balaban J connectivity index is 0.000000320. The Hall–Kier alpha value is -3.24. The van der Waals surface area contributed by atoms with E-state index in [9.17, 15) is 19.8 Å². The summed E-state index contributed by atoms with van der Waals surface area (Å²) in [5, 5.41) is 23.7. The molecule has 8 nitrogen and oxygen atoms in total. The Morgan fingerprint density at radius 2 is 0.957 bits per heavy atom. The van der Waals surface area contributed by atoms with Crippen LogP contribution in [0.1, 0.15) is 79.7 Å². The van der Waals surface area contributed by atoms with Gasteiger partial charge >= 0.3 is 11.9 Å². The first-order valence-corrected chi connectivity index (χ1v) is 15.8. The van der Waals surface area contributed by atoms with Gasteiger partial charge in [0.15, 0.2) is 0 Å². The van der Waals surface area contributed by atoms with E-state index in [1.807, 2.05) is 0 Å². The third-order valence-electron chi connectivity index (χ3n) is 7.21. The summed E-state index contributed by atoms with van der Waals surface area (Å²) in [6.45, 7) is 0. The lowest BCUT2D eigenvalue weighted by Gasteiger charge is -2.23. The van der Waals surface area contributed by atoms with E-state index in [1.54, 1.807) is 85.2 Å². The number of aromatic nitrogens is 2. The number of rotatable bonds is 12. The molecule has 0 aliphatic carbocycles. The number of carbonyl (C=O) groups is 2. The number of hydrogen-bond acceptors (Lipinski definition) is 8. The van der Waals surface area contributed by atoms with Gasteiger partial charge in [-0.2, -0.15) is 0 Å². The first-order valence-electron chi connectivity index (χ1n) is 14.3. The van der Waals surface area contributed by atoms with Gasteiger partial charge in [-0.1, -0.05) is 78.1 Å². The predicted octanol–water partition coefficient (Wildman–Crippen LogP) is 8.95. The van der Waals surface area contributed by atoms with Gasteiger partial charge in [0.05, 0.1) is 26.4 Å². The molecule has 252 valence electrons. The number of aliphatic hydroxyl groups is 2. The molecule has 47 heavy (non-hydrogen) atoms. The minimum absolute atomic E-state index is 0. The van der Waals surface area contributed by atoms with E-state index in [-0.39, 0.29) is 44.0 Å². The molecule has 0 saturated heterocycles. The van der Waals surface area contributed by atoms with Crippen molar-refractivity contribution in [3.63, 3.8) is 0 Å². The Kier molecular flexibility index (Phi) is 17.2. The summed E-state index contributed by atoms with van der Waals surface area (Å²) in [6, 6.07) is 20.6. The fourth-order valence-corrected chi connectivity index (χ4v) is 5.31. The Morgan fingerprint density at radius 3 is 1.26 bits per heavy atom. The van der Waals surface area contributed by atoms with Crippen molar-refractivity contribution in [3.05, 3.63) is 128 Å². The third kappa shape index (κ3) is 12.7. The molecule has 0 radical (unpaired) electrons. The maximum Gasteiger partial charge on any atom is 0.305 e. The van der Waals surface area contributed by atoms with Gasteiger partial charge < -0.3 is 19.7 Å². The predicted molar refractivity (Wildman–Crippen MR) is 186 cm³/mol. The van der Waals surface area contributed by atoms with Crippen LogP contribution < -0.4 is 0 Å². The van der Waals surface area contributed by atoms with E-state index in [0.717, 1.165) is 0 Å². The second kappa shape index (κ2) is 20.2. The summed E-state index contributed by atoms with van der Waals surface area (Å²) < 4.78 is 9.35. The highest BCUT2D eigenvalue weighted by molar-refractivity contribution is 6.31. The molecule has 4 atom stereocenters. The van der Waals surface area contributed by atoms with Gasteiger partial charge in [0.1, 0.15) is 0 Å². The van der Waals surface area contributed by atoms with E-state index < -0.39 is 12.2 Å². The van der Waals surface area contributed by atoms with Crippen molar-refractivity contribution >= 4 is 58.3 Å². The number of hydrogen-bond donors (Lipinski definition) is 2. The van der Waals surface area contributed by atoms with Gasteiger partial charge in [-0.15, -0.1) is 0 Å². The zero-order valence-corrected chi connectivity index (χ0v) is 28.2. The molecule has 4 rings (SSSR count). The van der Waals surface area contributed by atoms with Crippen molar-refractivity contribution in [1.82, 2.24) is 9.97 Å². The lowest BCUT2D eigenvalue weighted by molar-refractivity contribution is -0.141. The van der Waals surface area contributed by atoms with Crippen molar-refractivity contribution in [2.24, 2.45) is 0 Å². The molecule has 0 aliphatic rings. The van der Waals surface area contributed by atoms with Gasteiger partial charge in [-0.05, 0) is 72.5 Å². The first-order chi connectivity index (χ1) is 22.0. The molecular weight excluding hydrogens is 686 g/mol. The van der Waals surface area contributed by atoms with Crippen molar-refractivity contribution in [2.45, 2.75) is 57.2 Å². The third-order valence-corrected chi connectivity index (χ3v) is 8.18. The Bertz CT molecular complexity index is 1440. The number of benzene rings is 2. The highest BCUT2D eigenvalue weighted by atomic mass is 35.5. The summed E-state index contributed by atoms with van der Waals surface area (Å²) in [4.78, 5) is 31.5. The van der Waals surface area contributed by atoms with Gasteiger partial charge in [0.2, 0.25) is 0 Å². The van der Waals surface area contributed by atoms with Gasteiger partial charge in [0.25, 0.3) is 0 Å². The van der Waals surface area contributed by atoms with Crippen LogP contribution in [0.2, 0.25) is 20.1 Å². The molecule has 2 aromatic heterocycles. The number of esters is 2. The Labute approximate surface area is 295 Å². The molecule has 2 aromatic carbocycles. The molecule has 0 fully saturated rings. The average molecular weight is 725 g/mol. The SMILES string of the molecule is C.COC(=O)CC[C@@H](c1cc(Cl)ccn1)[C@H](O)c1ccc(Cl)cc1.COC(=O)CC[C@H](c1cc(Cl)ccn1)[C@@H](O)c1ccc(Cl)cc1. The molecule has 0 aliphatic heterocycles. The number of aliphatic hydroxyl groups excluding tert-OH is 2. The van der Waals surface area contributed by atoms with Crippen LogP contribution in [0, 0.1) is 0 Å². The summed E-state index contributed by atoms with van der Waals surface area (Å²) in [7, 11) is 2.68. The highest BCUT2D eigenvalue weighted by Crippen LogP contribution is 2.36. The van der Waals surface area contributed by atoms with E-state index >= 15 is 0 Å². The molecule has 12 heteroatoms. The van der Waals surface area contributed by atoms with E-state index in [0.29, 0.717) is 55.4 Å². The van der Waals surface area contributed by atoms with E-state index in [1.165, 1.54) is 14.2 Å².